The second-order valence-electron chi connectivity index (χ2n) is 8.49. The van der Waals surface area contributed by atoms with E-state index in [2.05, 4.69) is 33.4 Å². The smallest absolute Gasteiger partial charge is 0.257 e. The van der Waals surface area contributed by atoms with Crippen LogP contribution in [0.3, 0.4) is 0 Å². The average Bonchev–Trinajstić information content (AvgIpc) is 3.47. The molecular weight excluding hydrogens is 398 g/mol. The van der Waals surface area contributed by atoms with Gasteiger partial charge in [-0.2, -0.15) is 10.2 Å². The van der Waals surface area contributed by atoms with Gasteiger partial charge in [-0.25, -0.2) is 4.98 Å². The van der Waals surface area contributed by atoms with Crippen molar-refractivity contribution in [3.8, 4) is 11.9 Å². The SMILES string of the molecule is [2H]C([2H])([2H])n1cc(Nc2ncc3cc(C#N)n([C@H]4COC[C@@H]4C)c3n2)c(O[C@H]2CC[C@@]2(C)O)n1. The summed E-state index contributed by atoms with van der Waals surface area (Å²) >= 11 is 0. The van der Waals surface area contributed by atoms with Crippen molar-refractivity contribution in [3.63, 3.8) is 0 Å². The van der Waals surface area contributed by atoms with Crippen LogP contribution in [0.2, 0.25) is 0 Å². The van der Waals surface area contributed by atoms with Gasteiger partial charge in [0.05, 0.1) is 31.1 Å². The Morgan fingerprint density at radius 1 is 1.48 bits per heavy atom. The number of rotatable bonds is 5. The van der Waals surface area contributed by atoms with Crippen molar-refractivity contribution in [2.45, 2.75) is 44.4 Å². The summed E-state index contributed by atoms with van der Waals surface area (Å²) in [6.45, 7) is 2.30. The molecule has 1 saturated carbocycles. The van der Waals surface area contributed by atoms with Crippen LogP contribution in [0.1, 0.15) is 42.5 Å². The highest BCUT2D eigenvalue weighted by molar-refractivity contribution is 5.79. The van der Waals surface area contributed by atoms with Crippen molar-refractivity contribution in [2.24, 2.45) is 12.9 Å². The normalized spacial score (nSPS) is 29.6. The van der Waals surface area contributed by atoms with E-state index in [9.17, 15) is 10.4 Å². The van der Waals surface area contributed by atoms with E-state index in [1.807, 2.05) is 4.57 Å². The maximum Gasteiger partial charge on any atom is 0.257 e. The molecule has 5 rings (SSSR count). The number of nitrogens with zero attached hydrogens (tertiary/aromatic N) is 6. The Labute approximate surface area is 183 Å². The molecule has 0 aromatic carbocycles. The third-order valence-electron chi connectivity index (χ3n) is 6.14. The number of aliphatic hydroxyl groups is 1. The number of nitrogens with one attached hydrogen (secondary N) is 1. The van der Waals surface area contributed by atoms with Gasteiger partial charge in [-0.15, -0.1) is 5.10 Å². The molecule has 10 nitrogen and oxygen atoms in total. The van der Waals surface area contributed by atoms with Gasteiger partial charge in [0.25, 0.3) is 5.88 Å². The molecule has 31 heavy (non-hydrogen) atoms. The number of anilines is 2. The molecule has 1 aliphatic carbocycles. The number of aryl methyl sites for hydroxylation is 1. The molecule has 4 heterocycles. The molecule has 0 radical (unpaired) electrons. The molecule has 2 aliphatic rings. The minimum absolute atomic E-state index is 0.0343. The Kier molecular flexibility index (Phi) is 3.85. The number of nitriles is 1. The zero-order chi connectivity index (χ0) is 24.3. The zero-order valence-electron chi connectivity index (χ0n) is 20.2. The Morgan fingerprint density at radius 3 is 3.00 bits per heavy atom. The van der Waals surface area contributed by atoms with E-state index in [-0.39, 0.29) is 29.5 Å². The monoisotopic (exact) mass is 426 g/mol. The fraction of sp³-hybridized carbons (Fsp3) is 0.524. The summed E-state index contributed by atoms with van der Waals surface area (Å²) in [4.78, 5) is 8.96. The Bertz CT molecular complexity index is 1280. The van der Waals surface area contributed by atoms with E-state index in [4.69, 9.17) is 13.6 Å². The van der Waals surface area contributed by atoms with Crippen LogP contribution in [0.5, 0.6) is 5.88 Å². The minimum Gasteiger partial charge on any atom is -0.469 e. The molecular formula is C21H25N7O3. The van der Waals surface area contributed by atoms with E-state index >= 15 is 0 Å². The molecule has 0 unspecified atom stereocenters. The largest absolute Gasteiger partial charge is 0.469 e. The van der Waals surface area contributed by atoms with Crippen molar-refractivity contribution in [1.82, 2.24) is 24.3 Å². The van der Waals surface area contributed by atoms with Gasteiger partial charge in [-0.3, -0.25) is 4.68 Å². The Hall–Kier alpha value is -3.16. The van der Waals surface area contributed by atoms with Gasteiger partial charge in [0.15, 0.2) is 0 Å². The molecule has 0 bridgehead atoms. The van der Waals surface area contributed by atoms with Crippen LogP contribution in [0.4, 0.5) is 11.6 Å². The van der Waals surface area contributed by atoms with Crippen molar-refractivity contribution < 1.29 is 18.7 Å². The summed E-state index contributed by atoms with van der Waals surface area (Å²) in [6, 6.07) is 3.93. The van der Waals surface area contributed by atoms with Crippen molar-refractivity contribution >= 4 is 22.7 Å². The minimum atomic E-state index is -2.51. The summed E-state index contributed by atoms with van der Waals surface area (Å²) in [5.41, 5.74) is 0.291. The lowest BCUT2D eigenvalue weighted by Gasteiger charge is -2.41. The number of ether oxygens (including phenoxy) is 2. The van der Waals surface area contributed by atoms with Crippen LogP contribution in [0.25, 0.3) is 11.0 Å². The van der Waals surface area contributed by atoms with E-state index in [0.29, 0.717) is 42.8 Å². The lowest BCUT2D eigenvalue weighted by Crippen LogP contribution is -2.52. The quantitative estimate of drug-likeness (QED) is 0.637. The van der Waals surface area contributed by atoms with Crippen molar-refractivity contribution in [3.05, 3.63) is 24.2 Å². The lowest BCUT2D eigenvalue weighted by molar-refractivity contribution is -0.119. The van der Waals surface area contributed by atoms with Gasteiger partial charge in [0.1, 0.15) is 29.2 Å². The third kappa shape index (κ3) is 3.40. The first kappa shape index (κ1) is 16.5. The lowest BCUT2D eigenvalue weighted by atomic mass is 9.79. The molecule has 0 spiro atoms. The maximum absolute atomic E-state index is 10.3. The highest BCUT2D eigenvalue weighted by Gasteiger charge is 2.43. The summed E-state index contributed by atoms with van der Waals surface area (Å²) in [6.07, 6.45) is 3.61. The molecule has 2 fully saturated rings. The molecule has 10 heteroatoms. The van der Waals surface area contributed by atoms with E-state index in [1.165, 1.54) is 6.20 Å². The summed E-state index contributed by atoms with van der Waals surface area (Å²) in [7, 11) is 0. The van der Waals surface area contributed by atoms with Crippen molar-refractivity contribution in [1.29, 1.82) is 5.26 Å². The maximum atomic E-state index is 10.3. The molecule has 4 atom stereocenters. The summed E-state index contributed by atoms with van der Waals surface area (Å²) in [5, 5.41) is 27.8. The average molecular weight is 426 g/mol. The number of aromatic nitrogens is 5. The predicted molar refractivity (Wildman–Crippen MR) is 112 cm³/mol. The standard InChI is InChI=1S/C21H25N7O3/c1-12-10-30-11-16(12)28-14(7-22)6-13-8-23-20(25-18(13)28)24-15-9-27(3)26-19(15)31-17-4-5-21(17,2)29/h6,8-9,12,16-17,29H,4-5,10-11H2,1-3H3,(H,23,24,25)/t12-,16-,17-,21+/m0/s1/i3D3. The fourth-order valence-corrected chi connectivity index (χ4v) is 4.12. The molecule has 0 amide bonds. The van der Waals surface area contributed by atoms with Gasteiger partial charge in [-0.1, -0.05) is 6.92 Å². The first-order valence-corrected chi connectivity index (χ1v) is 10.2. The number of fused-ring (bicyclic) bond motifs is 1. The van der Waals surface area contributed by atoms with E-state index in [1.54, 1.807) is 19.2 Å². The molecule has 3 aromatic rings. The highest BCUT2D eigenvalue weighted by Crippen LogP contribution is 2.37. The van der Waals surface area contributed by atoms with E-state index in [0.717, 1.165) is 4.68 Å². The van der Waals surface area contributed by atoms with Crippen molar-refractivity contribution in [2.75, 3.05) is 18.5 Å². The van der Waals surface area contributed by atoms with Crippen LogP contribution in [0.15, 0.2) is 18.5 Å². The van der Waals surface area contributed by atoms with Gasteiger partial charge in [0.2, 0.25) is 5.95 Å². The van der Waals surface area contributed by atoms with Gasteiger partial charge in [0, 0.05) is 28.6 Å². The zero-order valence-corrected chi connectivity index (χ0v) is 17.2. The first-order chi connectivity index (χ1) is 16.1. The third-order valence-corrected chi connectivity index (χ3v) is 6.14. The molecule has 3 aromatic heterocycles. The molecule has 1 aliphatic heterocycles. The van der Waals surface area contributed by atoms with Crippen LogP contribution in [-0.2, 0) is 11.7 Å². The van der Waals surface area contributed by atoms with Gasteiger partial charge >= 0.3 is 0 Å². The number of hydrogen-bond donors (Lipinski definition) is 2. The molecule has 1 saturated heterocycles. The second-order valence-corrected chi connectivity index (χ2v) is 8.49. The molecule has 2 N–H and O–H groups in total. The summed E-state index contributed by atoms with van der Waals surface area (Å²) in [5.74, 6) is 0.441. The molecule has 162 valence electrons. The topological polar surface area (TPSA) is 123 Å². The Balaban J connectivity index is 1.51. The van der Waals surface area contributed by atoms with Gasteiger partial charge in [-0.05, 0) is 25.8 Å². The Morgan fingerprint density at radius 2 is 2.35 bits per heavy atom. The van der Waals surface area contributed by atoms with Crippen LogP contribution in [0, 0.1) is 17.2 Å². The van der Waals surface area contributed by atoms with Crippen LogP contribution >= 0.6 is 0 Å². The first-order valence-electron chi connectivity index (χ1n) is 11.7. The predicted octanol–water partition coefficient (Wildman–Crippen LogP) is 2.28. The summed E-state index contributed by atoms with van der Waals surface area (Å²) < 4.78 is 37.2. The highest BCUT2D eigenvalue weighted by atomic mass is 16.5. The van der Waals surface area contributed by atoms with E-state index < -0.39 is 18.7 Å². The second kappa shape index (κ2) is 7.21. The van der Waals surface area contributed by atoms with Crippen LogP contribution < -0.4 is 10.1 Å². The fourth-order valence-electron chi connectivity index (χ4n) is 4.12. The van der Waals surface area contributed by atoms with Gasteiger partial charge < -0.3 is 24.5 Å². The number of hydrogen-bond acceptors (Lipinski definition) is 8. The van der Waals surface area contributed by atoms with Crippen LogP contribution in [-0.4, -0.2) is 54.3 Å².